The first kappa shape index (κ1) is 10.4. The highest BCUT2D eigenvalue weighted by Gasteiger charge is 2.22. The van der Waals surface area contributed by atoms with Crippen LogP contribution in [-0.4, -0.2) is 6.61 Å². The maximum absolute atomic E-state index is 13.0. The van der Waals surface area contributed by atoms with E-state index in [1.54, 1.807) is 6.07 Å². The second-order valence-corrected chi connectivity index (χ2v) is 4.23. The molecule has 82 valence electrons. The smallest absolute Gasteiger partial charge is 0.126 e. The highest BCUT2D eigenvalue weighted by molar-refractivity contribution is 5.36. The molecule has 0 saturated heterocycles. The molecule has 0 spiro atoms. The molecule has 1 atom stereocenters. The van der Waals surface area contributed by atoms with E-state index in [1.165, 1.54) is 25.0 Å². The number of ether oxygens (including phenoxy) is 1. The molecule has 1 saturated carbocycles. The predicted molar refractivity (Wildman–Crippen MR) is 57.2 cm³/mol. The van der Waals surface area contributed by atoms with Gasteiger partial charge in [0, 0.05) is 17.7 Å². The van der Waals surface area contributed by atoms with Crippen molar-refractivity contribution in [1.82, 2.24) is 0 Å². The van der Waals surface area contributed by atoms with Gasteiger partial charge in [-0.15, -0.1) is 0 Å². The molecule has 2 nitrogen and oxygen atoms in total. The molecular formula is C12H16FNO. The van der Waals surface area contributed by atoms with E-state index in [4.69, 9.17) is 10.5 Å². The Morgan fingerprint density at radius 2 is 2.27 bits per heavy atom. The van der Waals surface area contributed by atoms with Crippen molar-refractivity contribution in [3.8, 4) is 5.75 Å². The van der Waals surface area contributed by atoms with Crippen molar-refractivity contribution in [2.24, 2.45) is 11.7 Å². The molecule has 0 aromatic heterocycles. The zero-order valence-electron chi connectivity index (χ0n) is 8.87. The van der Waals surface area contributed by atoms with Gasteiger partial charge in [-0.25, -0.2) is 4.39 Å². The third kappa shape index (κ3) is 2.69. The lowest BCUT2D eigenvalue weighted by Gasteiger charge is -2.13. The zero-order chi connectivity index (χ0) is 10.8. The standard InChI is InChI=1S/C12H16FNO/c1-8(14)11-5-4-10(13)6-12(11)15-7-9-2-3-9/h4-6,8-9H,2-3,7,14H2,1H3. The number of rotatable bonds is 4. The van der Waals surface area contributed by atoms with Crippen LogP contribution in [0, 0.1) is 11.7 Å². The lowest BCUT2D eigenvalue weighted by molar-refractivity contribution is 0.294. The maximum Gasteiger partial charge on any atom is 0.126 e. The molecule has 3 heteroatoms. The topological polar surface area (TPSA) is 35.2 Å². The van der Waals surface area contributed by atoms with Gasteiger partial charge in [0.1, 0.15) is 11.6 Å². The Balaban J connectivity index is 2.13. The van der Waals surface area contributed by atoms with Crippen molar-refractivity contribution < 1.29 is 9.13 Å². The normalized spacial score (nSPS) is 17.5. The average molecular weight is 209 g/mol. The fourth-order valence-corrected chi connectivity index (χ4v) is 1.50. The molecule has 15 heavy (non-hydrogen) atoms. The van der Waals surface area contributed by atoms with Crippen molar-refractivity contribution in [3.63, 3.8) is 0 Å². The Labute approximate surface area is 89.2 Å². The van der Waals surface area contributed by atoms with Crippen LogP contribution in [0.1, 0.15) is 31.4 Å². The SMILES string of the molecule is CC(N)c1ccc(F)cc1OCC1CC1. The van der Waals surface area contributed by atoms with Gasteiger partial charge in [-0.3, -0.25) is 0 Å². The van der Waals surface area contributed by atoms with Crippen LogP contribution in [0.2, 0.25) is 0 Å². The Morgan fingerprint density at radius 3 is 2.87 bits per heavy atom. The first-order valence-electron chi connectivity index (χ1n) is 5.34. The van der Waals surface area contributed by atoms with Gasteiger partial charge in [0.2, 0.25) is 0 Å². The zero-order valence-corrected chi connectivity index (χ0v) is 8.87. The van der Waals surface area contributed by atoms with Crippen LogP contribution < -0.4 is 10.5 Å². The van der Waals surface area contributed by atoms with Crippen LogP contribution in [0.4, 0.5) is 4.39 Å². The minimum absolute atomic E-state index is 0.125. The van der Waals surface area contributed by atoms with Gasteiger partial charge in [-0.1, -0.05) is 6.07 Å². The Kier molecular flexibility index (Phi) is 2.91. The fraction of sp³-hybridized carbons (Fsp3) is 0.500. The third-order valence-corrected chi connectivity index (χ3v) is 2.64. The van der Waals surface area contributed by atoms with E-state index < -0.39 is 0 Å². The largest absolute Gasteiger partial charge is 0.493 e. The molecule has 1 aliphatic carbocycles. The fourth-order valence-electron chi connectivity index (χ4n) is 1.50. The summed E-state index contributed by atoms with van der Waals surface area (Å²) in [5.74, 6) is 0.983. The number of benzene rings is 1. The molecule has 2 N–H and O–H groups in total. The quantitative estimate of drug-likeness (QED) is 0.827. The van der Waals surface area contributed by atoms with E-state index in [2.05, 4.69) is 0 Å². The minimum Gasteiger partial charge on any atom is -0.493 e. The summed E-state index contributed by atoms with van der Waals surface area (Å²) >= 11 is 0. The van der Waals surface area contributed by atoms with E-state index >= 15 is 0 Å². The number of hydrogen-bond donors (Lipinski definition) is 1. The average Bonchev–Trinajstić information content (AvgIpc) is 2.97. The molecule has 1 aliphatic rings. The van der Waals surface area contributed by atoms with Crippen LogP contribution in [0.3, 0.4) is 0 Å². The summed E-state index contributed by atoms with van der Waals surface area (Å²) in [6.07, 6.45) is 2.45. The third-order valence-electron chi connectivity index (χ3n) is 2.64. The van der Waals surface area contributed by atoms with Crippen molar-refractivity contribution >= 4 is 0 Å². The summed E-state index contributed by atoms with van der Waals surface area (Å²) in [7, 11) is 0. The molecule has 1 aromatic rings. The van der Waals surface area contributed by atoms with Gasteiger partial charge in [-0.05, 0) is 31.7 Å². The Bertz CT molecular complexity index is 347. The van der Waals surface area contributed by atoms with Gasteiger partial charge in [0.25, 0.3) is 0 Å². The summed E-state index contributed by atoms with van der Waals surface area (Å²) in [5, 5.41) is 0. The van der Waals surface area contributed by atoms with Gasteiger partial charge >= 0.3 is 0 Å². The summed E-state index contributed by atoms with van der Waals surface area (Å²) in [6, 6.07) is 4.41. The maximum atomic E-state index is 13.0. The van der Waals surface area contributed by atoms with Crippen LogP contribution in [-0.2, 0) is 0 Å². The molecule has 2 rings (SSSR count). The lowest BCUT2D eigenvalue weighted by atomic mass is 10.1. The highest BCUT2D eigenvalue weighted by Crippen LogP contribution is 2.31. The van der Waals surface area contributed by atoms with E-state index in [0.29, 0.717) is 18.3 Å². The molecule has 1 aromatic carbocycles. The van der Waals surface area contributed by atoms with Crippen LogP contribution in [0.15, 0.2) is 18.2 Å². The minimum atomic E-state index is -0.273. The van der Waals surface area contributed by atoms with Crippen LogP contribution >= 0.6 is 0 Å². The number of nitrogens with two attached hydrogens (primary N) is 1. The summed E-state index contributed by atoms with van der Waals surface area (Å²) in [5.41, 5.74) is 6.66. The molecule has 0 aliphatic heterocycles. The Hall–Kier alpha value is -1.09. The Morgan fingerprint density at radius 1 is 1.53 bits per heavy atom. The number of hydrogen-bond acceptors (Lipinski definition) is 2. The molecule has 1 unspecified atom stereocenters. The first-order valence-corrected chi connectivity index (χ1v) is 5.34. The molecule has 0 heterocycles. The van der Waals surface area contributed by atoms with E-state index in [-0.39, 0.29) is 11.9 Å². The van der Waals surface area contributed by atoms with Gasteiger partial charge in [-0.2, -0.15) is 0 Å². The molecule has 0 bridgehead atoms. The van der Waals surface area contributed by atoms with E-state index in [9.17, 15) is 4.39 Å². The van der Waals surface area contributed by atoms with Crippen molar-refractivity contribution in [3.05, 3.63) is 29.6 Å². The number of halogens is 1. The van der Waals surface area contributed by atoms with Crippen molar-refractivity contribution in [1.29, 1.82) is 0 Å². The van der Waals surface area contributed by atoms with Crippen molar-refractivity contribution in [2.45, 2.75) is 25.8 Å². The molecule has 0 radical (unpaired) electrons. The first-order chi connectivity index (χ1) is 7.16. The summed E-state index contributed by atoms with van der Waals surface area (Å²) in [6.45, 7) is 2.56. The predicted octanol–water partition coefficient (Wildman–Crippen LogP) is 2.63. The summed E-state index contributed by atoms with van der Waals surface area (Å²) in [4.78, 5) is 0. The lowest BCUT2D eigenvalue weighted by Crippen LogP contribution is -2.09. The summed E-state index contributed by atoms with van der Waals surface area (Å²) < 4.78 is 18.6. The monoisotopic (exact) mass is 209 g/mol. The molecule has 0 amide bonds. The van der Waals surface area contributed by atoms with Gasteiger partial charge in [0.15, 0.2) is 0 Å². The van der Waals surface area contributed by atoms with Crippen LogP contribution in [0.5, 0.6) is 5.75 Å². The van der Waals surface area contributed by atoms with Crippen molar-refractivity contribution in [2.75, 3.05) is 6.61 Å². The van der Waals surface area contributed by atoms with Crippen LogP contribution in [0.25, 0.3) is 0 Å². The van der Waals surface area contributed by atoms with Gasteiger partial charge in [0.05, 0.1) is 6.61 Å². The second-order valence-electron chi connectivity index (χ2n) is 4.23. The second kappa shape index (κ2) is 4.19. The van der Waals surface area contributed by atoms with E-state index in [1.807, 2.05) is 6.92 Å². The van der Waals surface area contributed by atoms with Gasteiger partial charge < -0.3 is 10.5 Å². The molecule has 1 fully saturated rings. The van der Waals surface area contributed by atoms with E-state index in [0.717, 1.165) is 5.56 Å². The highest BCUT2D eigenvalue weighted by atomic mass is 19.1. The molecular weight excluding hydrogens is 193 g/mol.